The van der Waals surface area contributed by atoms with E-state index in [9.17, 15) is 9.90 Å². The number of nitrogens with two attached hydrogens (primary N) is 1. The molecule has 1 heterocycles. The molecular weight excluding hydrogens is 266 g/mol. The van der Waals surface area contributed by atoms with E-state index >= 15 is 0 Å². The average Bonchev–Trinajstić information content (AvgIpc) is 2.49. The van der Waals surface area contributed by atoms with Crippen LogP contribution in [0.2, 0.25) is 0 Å². The molecule has 1 unspecified atom stereocenters. The van der Waals surface area contributed by atoms with Gasteiger partial charge in [-0.1, -0.05) is 19.1 Å². The van der Waals surface area contributed by atoms with Crippen LogP contribution in [0.5, 0.6) is 0 Å². The SMILES string of the molecule is CC(CN)C(=O)Nc1cccc(CN2CCC(O)CC2)c1. The van der Waals surface area contributed by atoms with Crippen LogP contribution in [-0.2, 0) is 11.3 Å². The Bertz CT molecular complexity index is 470. The second kappa shape index (κ2) is 7.54. The van der Waals surface area contributed by atoms with Crippen molar-refractivity contribution in [3.63, 3.8) is 0 Å². The van der Waals surface area contributed by atoms with Crippen LogP contribution in [0.3, 0.4) is 0 Å². The Morgan fingerprint density at radius 1 is 1.48 bits per heavy atom. The molecule has 1 fully saturated rings. The maximum absolute atomic E-state index is 11.9. The van der Waals surface area contributed by atoms with Crippen LogP contribution in [0.1, 0.15) is 25.3 Å². The number of hydrogen-bond donors (Lipinski definition) is 3. The van der Waals surface area contributed by atoms with Crippen LogP contribution in [0.25, 0.3) is 0 Å². The first kappa shape index (κ1) is 15.9. The summed E-state index contributed by atoms with van der Waals surface area (Å²) < 4.78 is 0. The molecule has 1 aromatic carbocycles. The number of rotatable bonds is 5. The van der Waals surface area contributed by atoms with Crippen molar-refractivity contribution in [3.05, 3.63) is 29.8 Å². The molecule has 1 amide bonds. The number of carbonyl (C=O) groups excluding carboxylic acids is 1. The van der Waals surface area contributed by atoms with Crippen LogP contribution in [0, 0.1) is 5.92 Å². The van der Waals surface area contributed by atoms with Crippen molar-refractivity contribution >= 4 is 11.6 Å². The number of likely N-dealkylation sites (tertiary alicyclic amines) is 1. The highest BCUT2D eigenvalue weighted by molar-refractivity contribution is 5.92. The molecule has 0 saturated carbocycles. The second-order valence-corrected chi connectivity index (χ2v) is 5.83. The highest BCUT2D eigenvalue weighted by atomic mass is 16.3. The summed E-state index contributed by atoms with van der Waals surface area (Å²) in [6, 6.07) is 7.92. The molecule has 1 aliphatic heterocycles. The average molecular weight is 291 g/mol. The van der Waals surface area contributed by atoms with Gasteiger partial charge in [-0.3, -0.25) is 9.69 Å². The molecule has 0 radical (unpaired) electrons. The number of benzene rings is 1. The molecule has 1 aliphatic rings. The molecule has 1 atom stereocenters. The van der Waals surface area contributed by atoms with Gasteiger partial charge in [0.2, 0.25) is 5.91 Å². The number of nitrogens with zero attached hydrogens (tertiary/aromatic N) is 1. The molecule has 0 aliphatic carbocycles. The van der Waals surface area contributed by atoms with Crippen molar-refractivity contribution in [2.75, 3.05) is 25.0 Å². The van der Waals surface area contributed by atoms with Gasteiger partial charge < -0.3 is 16.2 Å². The van der Waals surface area contributed by atoms with Gasteiger partial charge in [-0.15, -0.1) is 0 Å². The van der Waals surface area contributed by atoms with E-state index in [0.29, 0.717) is 6.54 Å². The number of aliphatic hydroxyl groups is 1. The van der Waals surface area contributed by atoms with Gasteiger partial charge in [0.1, 0.15) is 0 Å². The highest BCUT2D eigenvalue weighted by Crippen LogP contribution is 2.17. The molecule has 5 nitrogen and oxygen atoms in total. The van der Waals surface area contributed by atoms with E-state index in [4.69, 9.17) is 5.73 Å². The van der Waals surface area contributed by atoms with E-state index in [1.54, 1.807) is 0 Å². The summed E-state index contributed by atoms with van der Waals surface area (Å²) in [6.45, 7) is 4.85. The lowest BCUT2D eigenvalue weighted by atomic mass is 10.1. The third kappa shape index (κ3) is 4.81. The van der Waals surface area contributed by atoms with Crippen molar-refractivity contribution in [3.8, 4) is 0 Å². The van der Waals surface area contributed by atoms with Crippen LogP contribution in [-0.4, -0.2) is 41.7 Å². The van der Waals surface area contributed by atoms with Crippen molar-refractivity contribution in [2.24, 2.45) is 11.7 Å². The maximum atomic E-state index is 11.9. The van der Waals surface area contributed by atoms with E-state index in [2.05, 4.69) is 16.3 Å². The van der Waals surface area contributed by atoms with E-state index in [0.717, 1.165) is 38.2 Å². The maximum Gasteiger partial charge on any atom is 0.228 e. The van der Waals surface area contributed by atoms with Crippen LogP contribution in [0.4, 0.5) is 5.69 Å². The number of aliphatic hydroxyl groups excluding tert-OH is 1. The lowest BCUT2D eigenvalue weighted by Crippen LogP contribution is -2.35. The van der Waals surface area contributed by atoms with E-state index in [1.807, 2.05) is 25.1 Å². The predicted octanol–water partition coefficient (Wildman–Crippen LogP) is 1.18. The predicted molar refractivity (Wildman–Crippen MR) is 83.8 cm³/mol. The number of anilines is 1. The number of carbonyl (C=O) groups is 1. The van der Waals surface area contributed by atoms with Gasteiger partial charge in [-0.05, 0) is 30.5 Å². The van der Waals surface area contributed by atoms with Crippen LogP contribution >= 0.6 is 0 Å². The van der Waals surface area contributed by atoms with E-state index < -0.39 is 0 Å². The standard InChI is InChI=1S/C16H25N3O2/c1-12(10-17)16(21)18-14-4-2-3-13(9-14)11-19-7-5-15(20)6-8-19/h2-4,9,12,15,20H,5-8,10-11,17H2,1H3,(H,18,21). The van der Waals surface area contributed by atoms with Crippen molar-refractivity contribution < 1.29 is 9.90 Å². The highest BCUT2D eigenvalue weighted by Gasteiger charge is 2.17. The molecule has 0 aromatic heterocycles. The molecular formula is C16H25N3O2. The quantitative estimate of drug-likeness (QED) is 0.761. The van der Waals surface area contributed by atoms with E-state index in [1.165, 1.54) is 5.56 Å². The van der Waals surface area contributed by atoms with Gasteiger partial charge in [0.25, 0.3) is 0 Å². The Morgan fingerprint density at radius 2 is 2.19 bits per heavy atom. The molecule has 0 bridgehead atoms. The Labute approximate surface area is 126 Å². The first-order chi connectivity index (χ1) is 10.1. The second-order valence-electron chi connectivity index (χ2n) is 5.83. The Hall–Kier alpha value is -1.43. The molecule has 2 rings (SSSR count). The number of hydrogen-bond acceptors (Lipinski definition) is 4. The van der Waals surface area contributed by atoms with Crippen molar-refractivity contribution in [2.45, 2.75) is 32.4 Å². The van der Waals surface area contributed by atoms with E-state index in [-0.39, 0.29) is 17.9 Å². The molecule has 116 valence electrons. The number of amides is 1. The molecule has 1 aromatic rings. The summed E-state index contributed by atoms with van der Waals surface area (Å²) in [4.78, 5) is 14.2. The van der Waals surface area contributed by atoms with Crippen LogP contribution < -0.4 is 11.1 Å². The molecule has 0 spiro atoms. The minimum atomic E-state index is -0.183. The van der Waals surface area contributed by atoms with Gasteiger partial charge in [0, 0.05) is 37.8 Å². The van der Waals surface area contributed by atoms with Crippen molar-refractivity contribution in [1.29, 1.82) is 0 Å². The zero-order chi connectivity index (χ0) is 15.2. The number of nitrogens with one attached hydrogen (secondary N) is 1. The zero-order valence-electron chi connectivity index (χ0n) is 12.6. The summed E-state index contributed by atoms with van der Waals surface area (Å²) in [6.07, 6.45) is 1.53. The molecule has 21 heavy (non-hydrogen) atoms. The van der Waals surface area contributed by atoms with Crippen molar-refractivity contribution in [1.82, 2.24) is 4.90 Å². The minimum absolute atomic E-state index is 0.0456. The van der Waals surface area contributed by atoms with Gasteiger partial charge in [0.15, 0.2) is 0 Å². The number of piperidine rings is 1. The third-order valence-electron chi connectivity index (χ3n) is 3.96. The summed E-state index contributed by atoms with van der Waals surface area (Å²) in [5, 5.41) is 12.4. The first-order valence-corrected chi connectivity index (χ1v) is 7.58. The molecule has 4 N–H and O–H groups in total. The fourth-order valence-electron chi connectivity index (χ4n) is 2.46. The topological polar surface area (TPSA) is 78.6 Å². The lowest BCUT2D eigenvalue weighted by molar-refractivity contribution is -0.119. The lowest BCUT2D eigenvalue weighted by Gasteiger charge is -2.29. The Balaban J connectivity index is 1.93. The van der Waals surface area contributed by atoms with Gasteiger partial charge >= 0.3 is 0 Å². The first-order valence-electron chi connectivity index (χ1n) is 7.58. The van der Waals surface area contributed by atoms with Gasteiger partial charge in [-0.25, -0.2) is 0 Å². The zero-order valence-corrected chi connectivity index (χ0v) is 12.6. The Kier molecular flexibility index (Phi) is 5.73. The fourth-order valence-corrected chi connectivity index (χ4v) is 2.46. The molecule has 5 heteroatoms. The summed E-state index contributed by atoms with van der Waals surface area (Å²) in [5.41, 5.74) is 7.49. The largest absolute Gasteiger partial charge is 0.393 e. The fraction of sp³-hybridized carbons (Fsp3) is 0.562. The summed E-state index contributed by atoms with van der Waals surface area (Å²) in [7, 11) is 0. The summed E-state index contributed by atoms with van der Waals surface area (Å²) >= 11 is 0. The monoisotopic (exact) mass is 291 g/mol. The Morgan fingerprint density at radius 3 is 2.86 bits per heavy atom. The summed E-state index contributed by atoms with van der Waals surface area (Å²) in [5.74, 6) is -0.229. The minimum Gasteiger partial charge on any atom is -0.393 e. The smallest absolute Gasteiger partial charge is 0.228 e. The van der Waals surface area contributed by atoms with Gasteiger partial charge in [0.05, 0.1) is 6.10 Å². The third-order valence-corrected chi connectivity index (χ3v) is 3.96. The molecule has 1 saturated heterocycles. The van der Waals surface area contributed by atoms with Gasteiger partial charge in [-0.2, -0.15) is 0 Å². The normalized spacial score (nSPS) is 18.4. The van der Waals surface area contributed by atoms with Crippen LogP contribution in [0.15, 0.2) is 24.3 Å².